The Morgan fingerprint density at radius 1 is 1.33 bits per heavy atom. The fourth-order valence-corrected chi connectivity index (χ4v) is 2.96. The highest BCUT2D eigenvalue weighted by Gasteiger charge is 2.35. The van der Waals surface area contributed by atoms with Gasteiger partial charge in [0.25, 0.3) is 0 Å². The van der Waals surface area contributed by atoms with Crippen molar-refractivity contribution >= 4 is 5.91 Å². The minimum atomic E-state index is -0.537. The molecule has 21 heavy (non-hydrogen) atoms. The van der Waals surface area contributed by atoms with Crippen molar-refractivity contribution in [2.24, 2.45) is 5.73 Å². The first-order valence-corrected chi connectivity index (χ1v) is 7.70. The molecule has 2 aliphatic rings. The van der Waals surface area contributed by atoms with Gasteiger partial charge in [0, 0.05) is 25.2 Å². The van der Waals surface area contributed by atoms with Crippen LogP contribution < -0.4 is 11.1 Å². The first-order valence-electron chi connectivity index (χ1n) is 7.70. The number of benzene rings is 1. The number of carbonyl (C=O) groups is 1. The number of rotatable bonds is 5. The molecule has 1 aromatic carbocycles. The van der Waals surface area contributed by atoms with E-state index in [1.165, 1.54) is 12.8 Å². The zero-order valence-electron chi connectivity index (χ0n) is 12.2. The third-order valence-corrected chi connectivity index (χ3v) is 4.36. The van der Waals surface area contributed by atoms with Crippen LogP contribution in [0.25, 0.3) is 0 Å². The Kier molecular flexibility index (Phi) is 4.12. The van der Waals surface area contributed by atoms with E-state index in [2.05, 4.69) is 10.2 Å². The fraction of sp³-hybridized carbons (Fsp3) is 0.562. The lowest BCUT2D eigenvalue weighted by molar-refractivity contribution is -0.123. The second-order valence-electron chi connectivity index (χ2n) is 6.20. The maximum atomic E-state index is 12.2. The molecule has 114 valence electrons. The maximum Gasteiger partial charge on any atom is 0.237 e. The van der Waals surface area contributed by atoms with E-state index in [9.17, 15) is 9.90 Å². The Labute approximate surface area is 125 Å². The third kappa shape index (κ3) is 3.74. The van der Waals surface area contributed by atoms with Crippen molar-refractivity contribution in [3.8, 4) is 5.75 Å². The van der Waals surface area contributed by atoms with E-state index in [0.717, 1.165) is 31.1 Å². The number of aromatic hydroxyl groups is 1. The zero-order valence-corrected chi connectivity index (χ0v) is 12.2. The van der Waals surface area contributed by atoms with Crippen LogP contribution in [-0.2, 0) is 11.2 Å². The molecule has 0 spiro atoms. The lowest BCUT2D eigenvalue weighted by Gasteiger charge is -2.18. The molecular weight excluding hydrogens is 266 g/mol. The minimum Gasteiger partial charge on any atom is -0.508 e. The molecule has 2 atom stereocenters. The van der Waals surface area contributed by atoms with E-state index in [4.69, 9.17) is 5.73 Å². The van der Waals surface area contributed by atoms with Gasteiger partial charge in [-0.05, 0) is 43.4 Å². The van der Waals surface area contributed by atoms with Crippen molar-refractivity contribution in [3.05, 3.63) is 29.8 Å². The molecule has 1 aliphatic heterocycles. The van der Waals surface area contributed by atoms with E-state index in [0.29, 0.717) is 6.42 Å². The molecule has 1 aromatic rings. The molecule has 1 saturated carbocycles. The molecule has 1 unspecified atom stereocenters. The van der Waals surface area contributed by atoms with Crippen LogP contribution in [0.4, 0.5) is 0 Å². The average molecular weight is 289 g/mol. The van der Waals surface area contributed by atoms with Gasteiger partial charge >= 0.3 is 0 Å². The molecule has 3 rings (SSSR count). The Morgan fingerprint density at radius 2 is 2.05 bits per heavy atom. The number of hydrogen-bond donors (Lipinski definition) is 3. The van der Waals surface area contributed by atoms with Crippen molar-refractivity contribution < 1.29 is 9.90 Å². The monoisotopic (exact) mass is 289 g/mol. The number of nitrogens with two attached hydrogens (primary N) is 1. The predicted octanol–water partition coefficient (Wildman–Crippen LogP) is 0.615. The third-order valence-electron chi connectivity index (χ3n) is 4.36. The first-order chi connectivity index (χ1) is 10.1. The molecule has 1 saturated heterocycles. The quantitative estimate of drug-likeness (QED) is 0.742. The van der Waals surface area contributed by atoms with E-state index in [1.807, 2.05) is 0 Å². The van der Waals surface area contributed by atoms with Crippen molar-refractivity contribution in [2.45, 2.75) is 43.8 Å². The number of carbonyl (C=O) groups excluding carboxylic acids is 1. The summed E-state index contributed by atoms with van der Waals surface area (Å²) in [6.07, 6.45) is 4.13. The molecule has 0 bridgehead atoms. The Morgan fingerprint density at radius 3 is 2.71 bits per heavy atom. The van der Waals surface area contributed by atoms with Gasteiger partial charge in [0.05, 0.1) is 6.04 Å². The van der Waals surface area contributed by atoms with Crippen LogP contribution in [0.3, 0.4) is 0 Å². The summed E-state index contributed by atoms with van der Waals surface area (Å²) in [6, 6.07) is 7.29. The molecule has 2 fully saturated rings. The molecule has 5 heteroatoms. The number of hydrogen-bond acceptors (Lipinski definition) is 4. The van der Waals surface area contributed by atoms with E-state index in [1.54, 1.807) is 24.3 Å². The fourth-order valence-electron chi connectivity index (χ4n) is 2.96. The smallest absolute Gasteiger partial charge is 0.237 e. The van der Waals surface area contributed by atoms with Crippen molar-refractivity contribution in [1.82, 2.24) is 10.2 Å². The van der Waals surface area contributed by atoms with Crippen LogP contribution in [0.2, 0.25) is 0 Å². The number of phenols is 1. The van der Waals surface area contributed by atoms with Crippen LogP contribution in [0.1, 0.15) is 24.8 Å². The van der Waals surface area contributed by atoms with Gasteiger partial charge in [-0.25, -0.2) is 0 Å². The molecule has 1 amide bonds. The maximum absolute atomic E-state index is 12.2. The zero-order chi connectivity index (χ0) is 14.8. The van der Waals surface area contributed by atoms with E-state index >= 15 is 0 Å². The topological polar surface area (TPSA) is 78.6 Å². The normalized spacial score (nSPS) is 24.0. The van der Waals surface area contributed by atoms with E-state index < -0.39 is 6.04 Å². The minimum absolute atomic E-state index is 0.0780. The average Bonchev–Trinajstić information content (AvgIpc) is 3.22. The van der Waals surface area contributed by atoms with Crippen LogP contribution in [0.5, 0.6) is 5.75 Å². The van der Waals surface area contributed by atoms with Crippen molar-refractivity contribution in [1.29, 1.82) is 0 Å². The largest absolute Gasteiger partial charge is 0.508 e. The Balaban J connectivity index is 1.47. The molecule has 0 aromatic heterocycles. The number of phenolic OH excluding ortho intramolecular Hbond substituents is 1. The number of nitrogens with one attached hydrogen (secondary N) is 1. The van der Waals surface area contributed by atoms with Crippen molar-refractivity contribution in [2.75, 3.05) is 13.1 Å². The highest BCUT2D eigenvalue weighted by molar-refractivity contribution is 5.82. The van der Waals surface area contributed by atoms with Crippen LogP contribution in [-0.4, -0.2) is 47.1 Å². The second kappa shape index (κ2) is 6.03. The van der Waals surface area contributed by atoms with Gasteiger partial charge < -0.3 is 16.2 Å². The lowest BCUT2D eigenvalue weighted by atomic mass is 10.1. The van der Waals surface area contributed by atoms with Gasteiger partial charge in [0.1, 0.15) is 5.75 Å². The summed E-state index contributed by atoms with van der Waals surface area (Å²) >= 11 is 0. The van der Waals surface area contributed by atoms with Gasteiger partial charge in [-0.2, -0.15) is 0 Å². The standard InChI is InChI=1S/C16H23N3O2/c17-15(9-11-1-5-14(20)6-2-11)16(21)18-12-7-8-19(10-12)13-3-4-13/h1-2,5-6,12-13,15,20H,3-4,7-10,17H2,(H,18,21)/t12?,15-/m1/s1. The summed E-state index contributed by atoms with van der Waals surface area (Å²) in [6.45, 7) is 2.05. The highest BCUT2D eigenvalue weighted by atomic mass is 16.3. The van der Waals surface area contributed by atoms with Gasteiger partial charge in [-0.3, -0.25) is 9.69 Å². The highest BCUT2D eigenvalue weighted by Crippen LogP contribution is 2.29. The SMILES string of the molecule is N[C@H](Cc1ccc(O)cc1)C(=O)NC1CCN(C2CC2)C1. The number of likely N-dealkylation sites (tertiary alicyclic amines) is 1. The summed E-state index contributed by atoms with van der Waals surface area (Å²) < 4.78 is 0. The van der Waals surface area contributed by atoms with Gasteiger partial charge in [0.15, 0.2) is 0 Å². The summed E-state index contributed by atoms with van der Waals surface area (Å²) in [4.78, 5) is 14.6. The Hall–Kier alpha value is -1.59. The summed E-state index contributed by atoms with van der Waals surface area (Å²) in [5.74, 6) is 0.147. The lowest BCUT2D eigenvalue weighted by Crippen LogP contribution is -2.47. The van der Waals surface area contributed by atoms with Crippen LogP contribution in [0, 0.1) is 0 Å². The molecule has 5 nitrogen and oxygen atoms in total. The molecular formula is C16H23N3O2. The second-order valence-corrected chi connectivity index (χ2v) is 6.20. The van der Waals surface area contributed by atoms with Gasteiger partial charge in [0.2, 0.25) is 5.91 Å². The van der Waals surface area contributed by atoms with Gasteiger partial charge in [-0.1, -0.05) is 12.1 Å². The Bertz CT molecular complexity index is 499. The van der Waals surface area contributed by atoms with Crippen LogP contribution >= 0.6 is 0 Å². The van der Waals surface area contributed by atoms with Crippen molar-refractivity contribution in [3.63, 3.8) is 0 Å². The van der Waals surface area contributed by atoms with Gasteiger partial charge in [-0.15, -0.1) is 0 Å². The summed E-state index contributed by atoms with van der Waals surface area (Å²) in [5, 5.41) is 12.3. The summed E-state index contributed by atoms with van der Waals surface area (Å²) in [5.41, 5.74) is 6.94. The first kappa shape index (κ1) is 14.4. The molecule has 0 radical (unpaired) electrons. The molecule has 4 N–H and O–H groups in total. The predicted molar refractivity (Wildman–Crippen MR) is 80.9 cm³/mol. The summed E-state index contributed by atoms with van der Waals surface area (Å²) in [7, 11) is 0. The molecule has 1 aliphatic carbocycles. The molecule has 1 heterocycles. The van der Waals surface area contributed by atoms with E-state index in [-0.39, 0.29) is 17.7 Å². The van der Waals surface area contributed by atoms with Crippen LogP contribution in [0.15, 0.2) is 24.3 Å². The number of amides is 1. The number of nitrogens with zero attached hydrogens (tertiary/aromatic N) is 1.